The van der Waals surface area contributed by atoms with E-state index in [9.17, 15) is 4.79 Å². The first-order valence-corrected chi connectivity index (χ1v) is 4.79. The SMILES string of the molecule is CCN(CC(=O)OC)Cc1ncnn1C. The van der Waals surface area contributed by atoms with Crippen LogP contribution in [0.25, 0.3) is 0 Å². The van der Waals surface area contributed by atoms with E-state index in [0.29, 0.717) is 6.54 Å². The molecule has 1 aromatic heterocycles. The molecule has 0 atom stereocenters. The number of hydrogen-bond donors (Lipinski definition) is 0. The van der Waals surface area contributed by atoms with Crippen LogP contribution in [0.1, 0.15) is 12.7 Å². The van der Waals surface area contributed by atoms with Crippen molar-refractivity contribution >= 4 is 5.97 Å². The Bertz CT molecular complexity index is 324. The Hall–Kier alpha value is -1.43. The monoisotopic (exact) mass is 212 g/mol. The minimum absolute atomic E-state index is 0.237. The molecule has 0 aromatic carbocycles. The summed E-state index contributed by atoms with van der Waals surface area (Å²) in [4.78, 5) is 17.1. The van der Waals surface area contributed by atoms with Crippen molar-refractivity contribution in [3.05, 3.63) is 12.2 Å². The number of aromatic nitrogens is 3. The summed E-state index contributed by atoms with van der Waals surface area (Å²) in [6.07, 6.45) is 1.50. The first-order chi connectivity index (χ1) is 7.17. The Balaban J connectivity index is 2.54. The fraction of sp³-hybridized carbons (Fsp3) is 0.667. The topological polar surface area (TPSA) is 60.3 Å². The zero-order valence-corrected chi connectivity index (χ0v) is 9.30. The number of ether oxygens (including phenoxy) is 1. The van der Waals surface area contributed by atoms with E-state index in [4.69, 9.17) is 0 Å². The van der Waals surface area contributed by atoms with Gasteiger partial charge in [0.1, 0.15) is 12.2 Å². The van der Waals surface area contributed by atoms with Crippen LogP contribution in [0.5, 0.6) is 0 Å². The van der Waals surface area contributed by atoms with Gasteiger partial charge < -0.3 is 4.74 Å². The molecule has 84 valence electrons. The Morgan fingerprint density at radius 2 is 2.40 bits per heavy atom. The standard InChI is InChI=1S/C9H16N4O2/c1-4-13(6-9(14)15-3)5-8-10-7-11-12(8)2/h7H,4-6H2,1-3H3. The first kappa shape index (κ1) is 11.6. The molecule has 1 aromatic rings. The molecule has 0 bridgehead atoms. The van der Waals surface area contributed by atoms with Gasteiger partial charge in [-0.05, 0) is 6.54 Å². The minimum atomic E-state index is -0.237. The molecule has 0 unspecified atom stereocenters. The van der Waals surface area contributed by atoms with Gasteiger partial charge in [0.25, 0.3) is 0 Å². The predicted octanol–water partition coefficient (Wildman–Crippen LogP) is -0.190. The maximum atomic E-state index is 11.1. The van der Waals surface area contributed by atoms with Gasteiger partial charge in [-0.2, -0.15) is 5.10 Å². The van der Waals surface area contributed by atoms with Crippen molar-refractivity contribution < 1.29 is 9.53 Å². The minimum Gasteiger partial charge on any atom is -0.468 e. The number of carbonyl (C=O) groups excluding carboxylic acids is 1. The molecule has 0 spiro atoms. The number of carbonyl (C=O) groups is 1. The van der Waals surface area contributed by atoms with E-state index in [0.717, 1.165) is 12.4 Å². The van der Waals surface area contributed by atoms with E-state index in [2.05, 4.69) is 14.8 Å². The fourth-order valence-electron chi connectivity index (χ4n) is 1.19. The highest BCUT2D eigenvalue weighted by atomic mass is 16.5. The molecule has 0 N–H and O–H groups in total. The van der Waals surface area contributed by atoms with Gasteiger partial charge in [0.15, 0.2) is 0 Å². The Morgan fingerprint density at radius 1 is 1.67 bits per heavy atom. The summed E-state index contributed by atoms with van der Waals surface area (Å²) in [7, 11) is 3.22. The quantitative estimate of drug-likeness (QED) is 0.633. The highest BCUT2D eigenvalue weighted by molar-refractivity contribution is 5.71. The number of aryl methyl sites for hydroxylation is 1. The zero-order chi connectivity index (χ0) is 11.3. The summed E-state index contributed by atoms with van der Waals surface area (Å²) in [6.45, 7) is 3.63. The second-order valence-electron chi connectivity index (χ2n) is 3.18. The predicted molar refractivity (Wildman–Crippen MR) is 54.0 cm³/mol. The summed E-state index contributed by atoms with van der Waals surface area (Å²) in [5, 5.41) is 3.97. The van der Waals surface area contributed by atoms with Crippen LogP contribution < -0.4 is 0 Å². The molecule has 0 aliphatic heterocycles. The third kappa shape index (κ3) is 3.32. The van der Waals surface area contributed by atoms with Crippen LogP contribution >= 0.6 is 0 Å². The highest BCUT2D eigenvalue weighted by Crippen LogP contribution is 1.99. The van der Waals surface area contributed by atoms with E-state index in [1.54, 1.807) is 4.68 Å². The maximum Gasteiger partial charge on any atom is 0.319 e. The van der Waals surface area contributed by atoms with Gasteiger partial charge in [-0.25, -0.2) is 4.98 Å². The van der Waals surface area contributed by atoms with E-state index < -0.39 is 0 Å². The number of nitrogens with zero attached hydrogens (tertiary/aromatic N) is 4. The van der Waals surface area contributed by atoms with Crippen LogP contribution in [0.4, 0.5) is 0 Å². The Morgan fingerprint density at radius 3 is 2.87 bits per heavy atom. The molecule has 0 aliphatic carbocycles. The molecule has 0 radical (unpaired) electrons. The van der Waals surface area contributed by atoms with Crippen molar-refractivity contribution in [1.29, 1.82) is 0 Å². The number of methoxy groups -OCH3 is 1. The maximum absolute atomic E-state index is 11.1. The summed E-state index contributed by atoms with van der Waals surface area (Å²) in [5.41, 5.74) is 0. The normalized spacial score (nSPS) is 10.7. The molecule has 0 aliphatic rings. The zero-order valence-electron chi connectivity index (χ0n) is 9.30. The molecule has 1 heterocycles. The number of hydrogen-bond acceptors (Lipinski definition) is 5. The summed E-state index contributed by atoms with van der Waals surface area (Å²) in [5.74, 6) is 0.597. The summed E-state index contributed by atoms with van der Waals surface area (Å²) >= 11 is 0. The van der Waals surface area contributed by atoms with E-state index in [1.807, 2.05) is 18.9 Å². The lowest BCUT2D eigenvalue weighted by Crippen LogP contribution is -2.31. The second-order valence-corrected chi connectivity index (χ2v) is 3.18. The third-order valence-corrected chi connectivity index (χ3v) is 2.20. The number of rotatable bonds is 5. The van der Waals surface area contributed by atoms with E-state index >= 15 is 0 Å². The van der Waals surface area contributed by atoms with Gasteiger partial charge in [-0.3, -0.25) is 14.4 Å². The Kier molecular flexibility index (Phi) is 4.23. The van der Waals surface area contributed by atoms with Gasteiger partial charge in [0.2, 0.25) is 0 Å². The average Bonchev–Trinajstić information content (AvgIpc) is 2.63. The lowest BCUT2D eigenvalue weighted by atomic mass is 10.4. The van der Waals surface area contributed by atoms with Crippen molar-refractivity contribution in [3.63, 3.8) is 0 Å². The molecule has 0 fully saturated rings. The van der Waals surface area contributed by atoms with Crippen LogP contribution in [0.15, 0.2) is 6.33 Å². The van der Waals surface area contributed by atoms with Crippen LogP contribution in [-0.4, -0.2) is 45.8 Å². The fourth-order valence-corrected chi connectivity index (χ4v) is 1.19. The van der Waals surface area contributed by atoms with Gasteiger partial charge in [0.05, 0.1) is 20.2 Å². The lowest BCUT2D eigenvalue weighted by molar-refractivity contribution is -0.142. The van der Waals surface area contributed by atoms with Crippen LogP contribution in [0.2, 0.25) is 0 Å². The summed E-state index contributed by atoms with van der Waals surface area (Å²) < 4.78 is 6.30. The molecular weight excluding hydrogens is 196 g/mol. The Labute approximate surface area is 88.8 Å². The highest BCUT2D eigenvalue weighted by Gasteiger charge is 2.11. The van der Waals surface area contributed by atoms with E-state index in [1.165, 1.54) is 13.4 Å². The van der Waals surface area contributed by atoms with Gasteiger partial charge >= 0.3 is 5.97 Å². The van der Waals surface area contributed by atoms with Crippen LogP contribution in [-0.2, 0) is 23.1 Å². The van der Waals surface area contributed by atoms with Gasteiger partial charge in [0, 0.05) is 7.05 Å². The molecule has 15 heavy (non-hydrogen) atoms. The number of esters is 1. The van der Waals surface area contributed by atoms with Crippen molar-refractivity contribution in [2.45, 2.75) is 13.5 Å². The van der Waals surface area contributed by atoms with E-state index in [-0.39, 0.29) is 12.5 Å². The molecule has 0 saturated heterocycles. The smallest absolute Gasteiger partial charge is 0.319 e. The molecule has 1 rings (SSSR count). The molecular formula is C9H16N4O2. The summed E-state index contributed by atoms with van der Waals surface area (Å²) in [6, 6.07) is 0. The van der Waals surface area contributed by atoms with Crippen molar-refractivity contribution in [3.8, 4) is 0 Å². The van der Waals surface area contributed by atoms with Gasteiger partial charge in [-0.1, -0.05) is 6.92 Å². The van der Waals surface area contributed by atoms with Crippen molar-refractivity contribution in [2.75, 3.05) is 20.2 Å². The average molecular weight is 212 g/mol. The number of likely N-dealkylation sites (N-methyl/N-ethyl adjacent to an activating group) is 1. The van der Waals surface area contributed by atoms with Crippen LogP contribution in [0, 0.1) is 0 Å². The van der Waals surface area contributed by atoms with Gasteiger partial charge in [-0.15, -0.1) is 0 Å². The van der Waals surface area contributed by atoms with Crippen LogP contribution in [0.3, 0.4) is 0 Å². The molecule has 0 amide bonds. The lowest BCUT2D eigenvalue weighted by Gasteiger charge is -2.17. The molecule has 0 saturated carbocycles. The second kappa shape index (κ2) is 5.45. The largest absolute Gasteiger partial charge is 0.468 e. The molecule has 6 nitrogen and oxygen atoms in total. The first-order valence-electron chi connectivity index (χ1n) is 4.79. The third-order valence-electron chi connectivity index (χ3n) is 2.20. The van der Waals surface area contributed by atoms with Crippen molar-refractivity contribution in [2.24, 2.45) is 7.05 Å². The molecule has 6 heteroatoms. The van der Waals surface area contributed by atoms with Crippen molar-refractivity contribution in [1.82, 2.24) is 19.7 Å².